The summed E-state index contributed by atoms with van der Waals surface area (Å²) >= 11 is 0. The SMILES string of the molecule is COCC[N+]1=C(CCCCC2=[N+](CCOC)CCc3ccccc32)c2ccccc2CC1.[Br-].[Br-]. The van der Waals surface area contributed by atoms with Gasteiger partial charge >= 0.3 is 0 Å². The van der Waals surface area contributed by atoms with Gasteiger partial charge in [0.05, 0.1) is 0 Å². The van der Waals surface area contributed by atoms with Crippen LogP contribution in [-0.2, 0) is 22.3 Å². The van der Waals surface area contributed by atoms with Crippen molar-refractivity contribution in [3.63, 3.8) is 0 Å². The predicted octanol–water partition coefficient (Wildman–Crippen LogP) is -2.04. The third-order valence-electron chi connectivity index (χ3n) is 6.93. The molecule has 0 N–H and O–H groups in total. The molecule has 4 rings (SSSR count). The number of hydrogen-bond donors (Lipinski definition) is 0. The molecule has 0 bridgehead atoms. The Morgan fingerprint density at radius 2 is 1.06 bits per heavy atom. The fourth-order valence-electron chi connectivity index (χ4n) is 5.23. The van der Waals surface area contributed by atoms with E-state index in [9.17, 15) is 0 Å². The first-order valence-corrected chi connectivity index (χ1v) is 12.2. The van der Waals surface area contributed by atoms with Crippen LogP contribution in [0.3, 0.4) is 0 Å². The zero-order valence-electron chi connectivity index (χ0n) is 20.6. The average Bonchev–Trinajstić information content (AvgIpc) is 2.84. The zero-order valence-corrected chi connectivity index (χ0v) is 23.7. The minimum Gasteiger partial charge on any atom is -1.00 e. The van der Waals surface area contributed by atoms with Gasteiger partial charge in [-0.15, -0.1) is 0 Å². The van der Waals surface area contributed by atoms with Crippen LogP contribution >= 0.6 is 0 Å². The molecule has 34 heavy (non-hydrogen) atoms. The smallest absolute Gasteiger partial charge is 0.183 e. The first-order valence-electron chi connectivity index (χ1n) is 12.2. The molecule has 0 saturated heterocycles. The lowest BCUT2D eigenvalue weighted by molar-refractivity contribution is -0.532. The highest BCUT2D eigenvalue weighted by Crippen LogP contribution is 2.22. The van der Waals surface area contributed by atoms with Crippen LogP contribution in [0, 0.1) is 0 Å². The molecule has 0 fully saturated rings. The molecule has 0 saturated carbocycles. The zero-order chi connectivity index (χ0) is 22.2. The van der Waals surface area contributed by atoms with Gasteiger partial charge in [-0.05, 0) is 36.1 Å². The van der Waals surface area contributed by atoms with Gasteiger partial charge in [0, 0.05) is 51.0 Å². The second-order valence-electron chi connectivity index (χ2n) is 8.87. The Morgan fingerprint density at radius 1 is 0.647 bits per heavy atom. The summed E-state index contributed by atoms with van der Waals surface area (Å²) in [7, 11) is 3.60. The first-order chi connectivity index (χ1) is 15.8. The van der Waals surface area contributed by atoms with Gasteiger partial charge in [-0.25, -0.2) is 9.15 Å². The molecule has 186 valence electrons. The topological polar surface area (TPSA) is 24.5 Å². The molecule has 0 amide bonds. The second-order valence-corrected chi connectivity index (χ2v) is 8.87. The third kappa shape index (κ3) is 7.09. The summed E-state index contributed by atoms with van der Waals surface area (Å²) in [5.74, 6) is 0. The monoisotopic (exact) mass is 592 g/mol. The molecule has 0 spiro atoms. The molecule has 4 nitrogen and oxygen atoms in total. The standard InChI is InChI=1S/C28H38N2O2.2BrH/c1-31-21-19-29-17-15-23-9-3-5-11-25(23)27(29)13-7-8-14-28-26-12-6-4-10-24(26)16-18-30(28)20-22-32-2;;/h3-6,9-12H,7-8,13-22H2,1-2H3;2*1H/q+2;;/p-2. The molecule has 2 heterocycles. The van der Waals surface area contributed by atoms with Gasteiger partial charge in [-0.3, -0.25) is 0 Å². The second kappa shape index (κ2) is 14.9. The largest absolute Gasteiger partial charge is 1.00 e. The molecule has 6 heteroatoms. The highest BCUT2D eigenvalue weighted by molar-refractivity contribution is 5.99. The molecular weight excluding hydrogens is 556 g/mol. The van der Waals surface area contributed by atoms with E-state index >= 15 is 0 Å². The quantitative estimate of drug-likeness (QED) is 0.222. The van der Waals surface area contributed by atoms with Crippen LogP contribution < -0.4 is 34.0 Å². The van der Waals surface area contributed by atoms with E-state index in [1.807, 2.05) is 0 Å². The van der Waals surface area contributed by atoms with Crippen molar-refractivity contribution < 1.29 is 52.6 Å². The van der Waals surface area contributed by atoms with Gasteiger partial charge < -0.3 is 43.4 Å². The molecule has 0 atom stereocenters. The summed E-state index contributed by atoms with van der Waals surface area (Å²) < 4.78 is 15.9. The molecule has 0 aromatic heterocycles. The summed E-state index contributed by atoms with van der Waals surface area (Å²) in [5.41, 5.74) is 8.91. The molecule has 2 aromatic rings. The van der Waals surface area contributed by atoms with E-state index in [-0.39, 0.29) is 34.0 Å². The highest BCUT2D eigenvalue weighted by atomic mass is 79.9. The van der Waals surface area contributed by atoms with Crippen molar-refractivity contribution in [2.75, 3.05) is 53.6 Å². The lowest BCUT2D eigenvalue weighted by atomic mass is 9.91. The average molecular weight is 594 g/mol. The summed E-state index contributed by atoms with van der Waals surface area (Å²) in [6.45, 7) is 5.74. The maximum Gasteiger partial charge on any atom is 0.183 e. The van der Waals surface area contributed by atoms with Crippen LogP contribution in [0.25, 0.3) is 0 Å². The number of hydrogen-bond acceptors (Lipinski definition) is 2. The van der Waals surface area contributed by atoms with Gasteiger partial charge in [0.1, 0.15) is 26.3 Å². The summed E-state index contributed by atoms with van der Waals surface area (Å²) in [6, 6.07) is 17.9. The summed E-state index contributed by atoms with van der Waals surface area (Å²) in [4.78, 5) is 0. The maximum atomic E-state index is 5.39. The molecule has 2 aliphatic heterocycles. The van der Waals surface area contributed by atoms with E-state index in [1.165, 1.54) is 46.5 Å². The molecule has 2 aliphatic rings. The van der Waals surface area contributed by atoms with Crippen molar-refractivity contribution in [3.05, 3.63) is 70.8 Å². The predicted molar refractivity (Wildman–Crippen MR) is 131 cm³/mol. The Kier molecular flexibility index (Phi) is 12.7. The number of nitrogens with zero attached hydrogens (tertiary/aromatic N) is 2. The number of benzene rings is 2. The maximum absolute atomic E-state index is 5.39. The normalized spacial score (nSPS) is 14.8. The number of fused-ring (bicyclic) bond motifs is 2. The van der Waals surface area contributed by atoms with Crippen LogP contribution in [0.15, 0.2) is 48.5 Å². The van der Waals surface area contributed by atoms with E-state index in [0.717, 1.165) is 65.1 Å². The van der Waals surface area contributed by atoms with E-state index in [1.54, 1.807) is 14.2 Å². The number of rotatable bonds is 11. The number of methoxy groups -OCH3 is 2. The van der Waals surface area contributed by atoms with Crippen LogP contribution in [0.5, 0.6) is 0 Å². The summed E-state index contributed by atoms with van der Waals surface area (Å²) in [5, 5.41) is 0. The lowest BCUT2D eigenvalue weighted by Gasteiger charge is -2.20. The Bertz CT molecular complexity index is 908. The van der Waals surface area contributed by atoms with Crippen molar-refractivity contribution in [2.45, 2.75) is 38.5 Å². The van der Waals surface area contributed by atoms with Crippen molar-refractivity contribution in [1.82, 2.24) is 0 Å². The van der Waals surface area contributed by atoms with Gasteiger partial charge in [0.25, 0.3) is 0 Å². The minimum absolute atomic E-state index is 0. The fourth-order valence-corrected chi connectivity index (χ4v) is 5.23. The Balaban J connectivity index is 0.00000204. The number of unbranched alkanes of at least 4 members (excludes halogenated alkanes) is 1. The number of ether oxygens (including phenoxy) is 2. The Morgan fingerprint density at radius 3 is 1.47 bits per heavy atom. The fraction of sp³-hybridized carbons (Fsp3) is 0.500. The van der Waals surface area contributed by atoms with Gasteiger partial charge in [-0.2, -0.15) is 0 Å². The minimum atomic E-state index is 0. The van der Waals surface area contributed by atoms with Gasteiger partial charge in [-0.1, -0.05) is 36.4 Å². The van der Waals surface area contributed by atoms with Crippen LogP contribution in [0.2, 0.25) is 0 Å². The van der Waals surface area contributed by atoms with E-state index in [0.29, 0.717) is 0 Å². The number of halogens is 2. The van der Waals surface area contributed by atoms with Crippen LogP contribution in [0.4, 0.5) is 0 Å². The molecule has 0 aliphatic carbocycles. The first kappa shape index (κ1) is 28.9. The van der Waals surface area contributed by atoms with Gasteiger partial charge in [0.15, 0.2) is 24.5 Å². The lowest BCUT2D eigenvalue weighted by Crippen LogP contribution is -3.00. The van der Waals surface area contributed by atoms with Crippen molar-refractivity contribution in [2.24, 2.45) is 0 Å². The van der Waals surface area contributed by atoms with E-state index in [4.69, 9.17) is 9.47 Å². The van der Waals surface area contributed by atoms with E-state index in [2.05, 4.69) is 57.7 Å². The molecule has 2 aromatic carbocycles. The molecular formula is C28H38Br2N2O2. The molecule has 0 radical (unpaired) electrons. The summed E-state index contributed by atoms with van der Waals surface area (Å²) in [6.07, 6.45) is 6.94. The van der Waals surface area contributed by atoms with Crippen molar-refractivity contribution in [3.8, 4) is 0 Å². The molecule has 0 unspecified atom stereocenters. The van der Waals surface area contributed by atoms with Crippen LogP contribution in [-0.4, -0.2) is 74.2 Å². The van der Waals surface area contributed by atoms with Gasteiger partial charge in [0.2, 0.25) is 0 Å². The van der Waals surface area contributed by atoms with E-state index < -0.39 is 0 Å². The highest BCUT2D eigenvalue weighted by Gasteiger charge is 2.27. The van der Waals surface area contributed by atoms with Crippen molar-refractivity contribution in [1.29, 1.82) is 0 Å². The Hall–Kier alpha value is -1.34. The Labute approximate surface area is 226 Å². The third-order valence-corrected chi connectivity index (χ3v) is 6.93. The van der Waals surface area contributed by atoms with Crippen LogP contribution in [0.1, 0.15) is 47.9 Å². The van der Waals surface area contributed by atoms with Crippen molar-refractivity contribution >= 4 is 11.4 Å².